The van der Waals surface area contributed by atoms with E-state index in [0.29, 0.717) is 28.3 Å². The van der Waals surface area contributed by atoms with Gasteiger partial charge in [0.15, 0.2) is 5.75 Å². The van der Waals surface area contributed by atoms with Crippen LogP contribution in [0.1, 0.15) is 11.3 Å². The van der Waals surface area contributed by atoms with Crippen molar-refractivity contribution in [1.82, 2.24) is 24.4 Å². The number of carbonyl (C=O) groups excluding carboxylic acids is 1. The van der Waals surface area contributed by atoms with Gasteiger partial charge in [0.2, 0.25) is 5.91 Å². The molecule has 0 aliphatic heterocycles. The number of hydrogen-bond acceptors (Lipinski definition) is 6. The molecule has 0 saturated carbocycles. The van der Waals surface area contributed by atoms with E-state index in [9.17, 15) is 10.1 Å². The van der Waals surface area contributed by atoms with Crippen LogP contribution in [0.5, 0.6) is 11.5 Å². The summed E-state index contributed by atoms with van der Waals surface area (Å²) in [6.45, 7) is 3.61. The number of ether oxygens (including phenoxy) is 1. The number of nitrogens with two attached hydrogens (primary N) is 1. The third-order valence-electron chi connectivity index (χ3n) is 4.31. The van der Waals surface area contributed by atoms with Crippen LogP contribution >= 0.6 is 0 Å². The van der Waals surface area contributed by atoms with Crippen molar-refractivity contribution in [2.45, 2.75) is 0 Å². The lowest BCUT2D eigenvalue weighted by molar-refractivity contribution is -0.112. The van der Waals surface area contributed by atoms with E-state index in [1.54, 1.807) is 33.7 Å². The van der Waals surface area contributed by atoms with Gasteiger partial charge < -0.3 is 10.5 Å². The first kappa shape index (κ1) is 17.9. The fraction of sp³-hybridized carbons (Fsp3) is 0.0500. The van der Waals surface area contributed by atoms with Crippen LogP contribution in [0, 0.1) is 11.3 Å². The molecule has 0 saturated heterocycles. The maximum atomic E-state index is 11.2. The standard InChI is InChI=1S/C20H15N7O2/c1-12(20(22)28)17-4-3-16(9-23-17)29-18-5-13(15-8-24-26(2)10-15)11-27-19(18)14(6-21)7-25-27/h3-5,7-11H,1H2,2H3,(H2,22,28). The van der Waals surface area contributed by atoms with Gasteiger partial charge in [-0.2, -0.15) is 15.5 Å². The molecule has 4 aromatic rings. The van der Waals surface area contributed by atoms with Crippen molar-refractivity contribution >= 4 is 17.0 Å². The monoisotopic (exact) mass is 385 g/mol. The van der Waals surface area contributed by atoms with E-state index in [2.05, 4.69) is 27.8 Å². The van der Waals surface area contributed by atoms with Gasteiger partial charge in [0.25, 0.3) is 0 Å². The Hall–Kier alpha value is -4.45. The minimum Gasteiger partial charge on any atom is -0.453 e. The predicted molar refractivity (Wildman–Crippen MR) is 105 cm³/mol. The minimum absolute atomic E-state index is 0.111. The van der Waals surface area contributed by atoms with Crippen LogP contribution in [0.25, 0.3) is 22.2 Å². The van der Waals surface area contributed by atoms with E-state index in [0.717, 1.165) is 11.1 Å². The molecule has 29 heavy (non-hydrogen) atoms. The number of nitriles is 1. The molecule has 1 amide bonds. The highest BCUT2D eigenvalue weighted by molar-refractivity contribution is 6.17. The molecule has 0 aliphatic rings. The van der Waals surface area contributed by atoms with Crippen molar-refractivity contribution < 1.29 is 9.53 Å². The van der Waals surface area contributed by atoms with Crippen LogP contribution in [0.4, 0.5) is 0 Å². The molecule has 0 aliphatic carbocycles. The molecule has 0 fully saturated rings. The molecule has 0 spiro atoms. The summed E-state index contributed by atoms with van der Waals surface area (Å²) in [5.41, 5.74) is 8.31. The Morgan fingerprint density at radius 3 is 2.66 bits per heavy atom. The second-order valence-corrected chi connectivity index (χ2v) is 6.28. The van der Waals surface area contributed by atoms with E-state index in [1.807, 2.05) is 19.3 Å². The second kappa shape index (κ2) is 6.94. The van der Waals surface area contributed by atoms with E-state index >= 15 is 0 Å². The van der Waals surface area contributed by atoms with E-state index < -0.39 is 5.91 Å². The quantitative estimate of drug-likeness (QED) is 0.526. The maximum absolute atomic E-state index is 11.2. The molecule has 4 aromatic heterocycles. The Morgan fingerprint density at radius 2 is 2.03 bits per heavy atom. The van der Waals surface area contributed by atoms with Crippen molar-refractivity contribution in [2.75, 3.05) is 0 Å². The lowest BCUT2D eigenvalue weighted by Gasteiger charge is -2.10. The third-order valence-corrected chi connectivity index (χ3v) is 4.31. The van der Waals surface area contributed by atoms with Gasteiger partial charge in [-0.3, -0.25) is 14.5 Å². The molecular weight excluding hydrogens is 370 g/mol. The number of nitrogens with zero attached hydrogens (tertiary/aromatic N) is 6. The lowest BCUT2D eigenvalue weighted by Crippen LogP contribution is -2.12. The largest absolute Gasteiger partial charge is 0.453 e. The molecule has 2 N–H and O–H groups in total. The Morgan fingerprint density at radius 1 is 1.21 bits per heavy atom. The fourth-order valence-electron chi connectivity index (χ4n) is 2.84. The van der Waals surface area contributed by atoms with Crippen molar-refractivity contribution in [1.29, 1.82) is 5.26 Å². The van der Waals surface area contributed by atoms with Crippen LogP contribution in [0.3, 0.4) is 0 Å². The van der Waals surface area contributed by atoms with Gasteiger partial charge in [-0.15, -0.1) is 0 Å². The number of aryl methyl sites for hydroxylation is 1. The van der Waals surface area contributed by atoms with Gasteiger partial charge in [-0.1, -0.05) is 6.58 Å². The molecule has 9 heteroatoms. The van der Waals surface area contributed by atoms with Gasteiger partial charge in [-0.25, -0.2) is 4.52 Å². The Labute approximate surface area is 165 Å². The number of hydrogen-bond donors (Lipinski definition) is 1. The molecule has 9 nitrogen and oxygen atoms in total. The van der Waals surface area contributed by atoms with Gasteiger partial charge in [-0.05, 0) is 18.2 Å². The number of amides is 1. The van der Waals surface area contributed by atoms with Gasteiger partial charge >= 0.3 is 0 Å². The maximum Gasteiger partial charge on any atom is 0.250 e. The Bertz CT molecular complexity index is 1290. The van der Waals surface area contributed by atoms with Crippen molar-refractivity contribution in [3.63, 3.8) is 0 Å². The van der Waals surface area contributed by atoms with Crippen LogP contribution in [0.2, 0.25) is 0 Å². The Kier molecular flexibility index (Phi) is 4.29. The molecule has 0 radical (unpaired) electrons. The highest BCUT2D eigenvalue weighted by Crippen LogP contribution is 2.33. The SMILES string of the molecule is C=C(C(N)=O)c1ccc(Oc2cc(-c3cnn(C)c3)cn3ncc(C#N)c23)cn1. The zero-order chi connectivity index (χ0) is 20.5. The summed E-state index contributed by atoms with van der Waals surface area (Å²) in [4.78, 5) is 15.4. The van der Waals surface area contributed by atoms with Crippen molar-refractivity contribution in [3.05, 3.63) is 67.0 Å². The molecule has 4 rings (SSSR count). The summed E-state index contributed by atoms with van der Waals surface area (Å²) in [5.74, 6) is 0.208. The van der Waals surface area contributed by atoms with E-state index in [1.165, 1.54) is 12.4 Å². The molecule has 4 heterocycles. The van der Waals surface area contributed by atoms with Gasteiger partial charge in [0.1, 0.15) is 22.9 Å². The number of fused-ring (bicyclic) bond motifs is 1. The minimum atomic E-state index is -0.644. The van der Waals surface area contributed by atoms with Crippen molar-refractivity contribution in [3.8, 4) is 28.7 Å². The number of rotatable bonds is 5. The van der Waals surface area contributed by atoms with Crippen LogP contribution in [-0.2, 0) is 11.8 Å². The summed E-state index contributed by atoms with van der Waals surface area (Å²) >= 11 is 0. The summed E-state index contributed by atoms with van der Waals surface area (Å²) in [5, 5.41) is 17.9. The van der Waals surface area contributed by atoms with Crippen molar-refractivity contribution in [2.24, 2.45) is 12.8 Å². The molecule has 0 bridgehead atoms. The summed E-state index contributed by atoms with van der Waals surface area (Å²) in [6, 6.07) is 7.16. The first-order valence-corrected chi connectivity index (χ1v) is 8.50. The average molecular weight is 385 g/mol. The van der Waals surface area contributed by atoms with Crippen LogP contribution in [-0.4, -0.2) is 30.3 Å². The topological polar surface area (TPSA) is 124 Å². The smallest absolute Gasteiger partial charge is 0.250 e. The predicted octanol–water partition coefficient (Wildman–Crippen LogP) is 2.29. The number of primary amides is 1. The number of aromatic nitrogens is 5. The summed E-state index contributed by atoms with van der Waals surface area (Å²) in [6.07, 6.45) is 8.33. The molecule has 0 atom stereocenters. The first-order chi connectivity index (χ1) is 14.0. The highest BCUT2D eigenvalue weighted by Gasteiger charge is 2.15. The molecule has 142 valence electrons. The van der Waals surface area contributed by atoms with E-state index in [-0.39, 0.29) is 5.57 Å². The molecular formula is C20H15N7O2. The highest BCUT2D eigenvalue weighted by atomic mass is 16.5. The number of pyridine rings is 2. The van der Waals surface area contributed by atoms with Crippen LogP contribution < -0.4 is 10.5 Å². The first-order valence-electron chi connectivity index (χ1n) is 8.50. The second-order valence-electron chi connectivity index (χ2n) is 6.28. The van der Waals surface area contributed by atoms with Gasteiger partial charge in [0.05, 0.1) is 29.9 Å². The summed E-state index contributed by atoms with van der Waals surface area (Å²) < 4.78 is 9.29. The molecule has 0 unspecified atom stereocenters. The fourth-order valence-corrected chi connectivity index (χ4v) is 2.84. The Balaban J connectivity index is 1.77. The number of carbonyl (C=O) groups is 1. The third kappa shape index (κ3) is 3.30. The zero-order valence-electron chi connectivity index (χ0n) is 15.4. The summed E-state index contributed by atoms with van der Waals surface area (Å²) in [7, 11) is 1.83. The van der Waals surface area contributed by atoms with Crippen LogP contribution in [0.15, 0.2) is 55.8 Å². The average Bonchev–Trinajstić information content (AvgIpc) is 3.34. The normalized spacial score (nSPS) is 10.6. The lowest BCUT2D eigenvalue weighted by atomic mass is 10.1. The van der Waals surface area contributed by atoms with Gasteiger partial charge in [0, 0.05) is 30.6 Å². The van der Waals surface area contributed by atoms with E-state index in [4.69, 9.17) is 10.5 Å². The zero-order valence-corrected chi connectivity index (χ0v) is 15.4. The molecule has 0 aromatic carbocycles.